The first-order valence-corrected chi connectivity index (χ1v) is 6.44. The van der Waals surface area contributed by atoms with Gasteiger partial charge in [-0.1, -0.05) is 0 Å². The molecule has 8 atom stereocenters. The molecule has 0 spiro atoms. The zero-order valence-corrected chi connectivity index (χ0v) is 11.0. The van der Waals surface area contributed by atoms with E-state index < -0.39 is 55.3 Å². The largest absolute Gasteiger partial charge is 0.391 e. The molecule has 1 unspecified atom stereocenters. The Kier molecular flexibility index (Phi) is 5.15. The Labute approximate surface area is 119 Å². The van der Waals surface area contributed by atoms with E-state index in [4.69, 9.17) is 19.3 Å². The Bertz CT molecular complexity index is 354. The summed E-state index contributed by atoms with van der Waals surface area (Å²) < 4.78 is 15.1. The maximum Gasteiger partial charge on any atom is 0.218 e. The number of aliphatic hydroxyl groups excluding tert-OH is 6. The molecular formula is C11H20O10. The Hall–Kier alpha value is -0.400. The van der Waals surface area contributed by atoms with Crippen LogP contribution in [0.25, 0.3) is 0 Å². The summed E-state index contributed by atoms with van der Waals surface area (Å²) in [5.74, 6) is -2.30. The minimum absolute atomic E-state index is 0.282. The second kappa shape index (κ2) is 6.38. The number of hydrogen-bond acceptors (Lipinski definition) is 10. The van der Waals surface area contributed by atoms with Crippen molar-refractivity contribution in [3.05, 3.63) is 0 Å². The molecule has 2 aliphatic rings. The van der Waals surface area contributed by atoms with Crippen molar-refractivity contribution in [2.45, 2.75) is 48.7 Å². The van der Waals surface area contributed by atoms with Crippen LogP contribution in [0.1, 0.15) is 0 Å². The highest BCUT2D eigenvalue weighted by molar-refractivity contribution is 4.93. The quantitative estimate of drug-likeness (QED) is 0.268. The van der Waals surface area contributed by atoms with E-state index in [1.165, 1.54) is 0 Å². The summed E-state index contributed by atoms with van der Waals surface area (Å²) in [7, 11) is 0. The van der Waals surface area contributed by atoms with Crippen LogP contribution in [0.2, 0.25) is 0 Å². The lowest BCUT2D eigenvalue weighted by atomic mass is 9.97. The van der Waals surface area contributed by atoms with Crippen molar-refractivity contribution in [1.29, 1.82) is 0 Å². The molecule has 0 saturated carbocycles. The topological polar surface area (TPSA) is 169 Å². The zero-order valence-electron chi connectivity index (χ0n) is 11.0. The van der Waals surface area contributed by atoms with Gasteiger partial charge in [0, 0.05) is 0 Å². The number of aliphatic hydroxyl groups is 7. The zero-order chi connectivity index (χ0) is 15.8. The van der Waals surface area contributed by atoms with Gasteiger partial charge >= 0.3 is 0 Å². The lowest BCUT2D eigenvalue weighted by Crippen LogP contribution is -2.64. The second-order valence-corrected chi connectivity index (χ2v) is 5.17. The highest BCUT2D eigenvalue weighted by Gasteiger charge is 2.50. The van der Waals surface area contributed by atoms with Crippen molar-refractivity contribution in [2.75, 3.05) is 19.8 Å². The van der Waals surface area contributed by atoms with Gasteiger partial charge in [-0.25, -0.2) is 0 Å². The Morgan fingerprint density at radius 2 is 1.67 bits per heavy atom. The molecule has 0 amide bonds. The van der Waals surface area contributed by atoms with Crippen LogP contribution in [0.4, 0.5) is 0 Å². The van der Waals surface area contributed by atoms with Crippen LogP contribution in [0.5, 0.6) is 0 Å². The molecule has 0 aliphatic carbocycles. The van der Waals surface area contributed by atoms with E-state index in [2.05, 4.69) is 0 Å². The summed E-state index contributed by atoms with van der Waals surface area (Å²) in [6.07, 6.45) is -10.3. The number of hydrogen-bond donors (Lipinski definition) is 7. The average Bonchev–Trinajstić information content (AvgIpc) is 2.48. The highest BCUT2D eigenvalue weighted by Crippen LogP contribution is 2.27. The first-order valence-electron chi connectivity index (χ1n) is 6.44. The highest BCUT2D eigenvalue weighted by atomic mass is 16.7. The third-order valence-electron chi connectivity index (χ3n) is 3.65. The van der Waals surface area contributed by atoms with Crippen LogP contribution >= 0.6 is 0 Å². The standard InChI is InChI=1S/C11H20O10/c12-3-11(18)9(17)7(15)5(2-20-11)21-10-8(16)6(14)4(13)1-19-10/h4-10,12-18H,1-3H2/t4-,5-,6+,7-,8-,9-,10+,11?/m1/s1. The Morgan fingerprint density at radius 1 is 1.00 bits per heavy atom. The van der Waals surface area contributed by atoms with Crippen LogP contribution in [-0.2, 0) is 14.2 Å². The van der Waals surface area contributed by atoms with Gasteiger partial charge in [0.25, 0.3) is 0 Å². The van der Waals surface area contributed by atoms with Gasteiger partial charge in [0.05, 0.1) is 19.8 Å². The van der Waals surface area contributed by atoms with E-state index in [9.17, 15) is 30.6 Å². The van der Waals surface area contributed by atoms with E-state index in [0.717, 1.165) is 0 Å². The van der Waals surface area contributed by atoms with Gasteiger partial charge in [0.2, 0.25) is 5.79 Å². The van der Waals surface area contributed by atoms with Gasteiger partial charge < -0.3 is 50.0 Å². The Morgan fingerprint density at radius 3 is 2.29 bits per heavy atom. The molecule has 21 heavy (non-hydrogen) atoms. The summed E-state index contributed by atoms with van der Waals surface area (Å²) in [5, 5.41) is 66.7. The molecule has 0 aromatic rings. The molecule has 2 saturated heterocycles. The van der Waals surface area contributed by atoms with Gasteiger partial charge in [-0.15, -0.1) is 0 Å². The summed E-state index contributed by atoms with van der Waals surface area (Å²) in [6, 6.07) is 0. The molecule has 2 heterocycles. The molecule has 2 aliphatic heterocycles. The SMILES string of the molecule is OCC1(O)OC[C@@H](O[C@@H]2OC[C@@H](O)[C@H](O)[C@H]2O)[C@@H](O)[C@H]1O. The molecule has 0 radical (unpaired) electrons. The van der Waals surface area contributed by atoms with E-state index in [1.54, 1.807) is 0 Å². The average molecular weight is 312 g/mol. The molecule has 7 N–H and O–H groups in total. The van der Waals surface area contributed by atoms with Gasteiger partial charge in [0.1, 0.15) is 36.6 Å². The minimum atomic E-state index is -2.30. The van der Waals surface area contributed by atoms with Gasteiger partial charge in [-0.05, 0) is 0 Å². The third kappa shape index (κ3) is 3.19. The van der Waals surface area contributed by atoms with Crippen LogP contribution < -0.4 is 0 Å². The molecule has 0 aromatic heterocycles. The summed E-state index contributed by atoms with van der Waals surface area (Å²) in [5.41, 5.74) is 0. The lowest BCUT2D eigenvalue weighted by molar-refractivity contribution is -0.360. The summed E-state index contributed by atoms with van der Waals surface area (Å²) in [6.45, 7) is -1.60. The predicted octanol–water partition coefficient (Wildman–Crippen LogP) is -4.76. The molecule has 2 rings (SSSR count). The first-order chi connectivity index (χ1) is 9.80. The second-order valence-electron chi connectivity index (χ2n) is 5.17. The van der Waals surface area contributed by atoms with E-state index in [-0.39, 0.29) is 13.2 Å². The van der Waals surface area contributed by atoms with Crippen LogP contribution in [0.15, 0.2) is 0 Å². The maximum absolute atomic E-state index is 9.86. The monoisotopic (exact) mass is 312 g/mol. The fourth-order valence-corrected chi connectivity index (χ4v) is 2.21. The van der Waals surface area contributed by atoms with E-state index in [1.807, 2.05) is 0 Å². The molecule has 0 aromatic carbocycles. The van der Waals surface area contributed by atoms with Gasteiger partial charge in [-0.2, -0.15) is 0 Å². The fraction of sp³-hybridized carbons (Fsp3) is 1.00. The van der Waals surface area contributed by atoms with Gasteiger partial charge in [0.15, 0.2) is 6.29 Å². The fourth-order valence-electron chi connectivity index (χ4n) is 2.21. The normalized spacial score (nSPS) is 51.9. The molecule has 2 fully saturated rings. The van der Waals surface area contributed by atoms with Crippen LogP contribution in [0.3, 0.4) is 0 Å². The molecule has 10 nitrogen and oxygen atoms in total. The number of rotatable bonds is 3. The van der Waals surface area contributed by atoms with Crippen molar-refractivity contribution in [3.63, 3.8) is 0 Å². The van der Waals surface area contributed by atoms with E-state index >= 15 is 0 Å². The van der Waals surface area contributed by atoms with Crippen LogP contribution in [0, 0.1) is 0 Å². The minimum Gasteiger partial charge on any atom is -0.391 e. The van der Waals surface area contributed by atoms with Crippen molar-refractivity contribution in [1.82, 2.24) is 0 Å². The summed E-state index contributed by atoms with van der Waals surface area (Å²) >= 11 is 0. The lowest BCUT2D eigenvalue weighted by Gasteiger charge is -2.44. The van der Waals surface area contributed by atoms with Gasteiger partial charge in [-0.3, -0.25) is 0 Å². The van der Waals surface area contributed by atoms with Crippen molar-refractivity contribution in [3.8, 4) is 0 Å². The van der Waals surface area contributed by atoms with Crippen molar-refractivity contribution >= 4 is 0 Å². The maximum atomic E-state index is 9.86. The van der Waals surface area contributed by atoms with Crippen molar-refractivity contribution in [2.24, 2.45) is 0 Å². The molecule has 10 heteroatoms. The molecule has 0 bridgehead atoms. The molecular weight excluding hydrogens is 292 g/mol. The predicted molar refractivity (Wildman–Crippen MR) is 62.6 cm³/mol. The third-order valence-corrected chi connectivity index (χ3v) is 3.65. The van der Waals surface area contributed by atoms with Crippen molar-refractivity contribution < 1.29 is 50.0 Å². The van der Waals surface area contributed by atoms with Crippen LogP contribution in [-0.4, -0.2) is 104 Å². The summed E-state index contributed by atoms with van der Waals surface area (Å²) in [4.78, 5) is 0. The Balaban J connectivity index is 1.98. The molecule has 124 valence electrons. The number of ether oxygens (including phenoxy) is 3. The smallest absolute Gasteiger partial charge is 0.218 e. The first kappa shape index (κ1) is 17.0. The van der Waals surface area contributed by atoms with E-state index in [0.29, 0.717) is 0 Å².